The van der Waals surface area contributed by atoms with Crippen LogP contribution in [-0.2, 0) is 4.79 Å². The zero-order valence-electron chi connectivity index (χ0n) is 12.4. The number of nitrogens with one attached hydrogen (secondary N) is 2. The fourth-order valence-electron chi connectivity index (χ4n) is 3.26. The summed E-state index contributed by atoms with van der Waals surface area (Å²) in [6, 6.07) is 8.10. The molecule has 4 heteroatoms. The van der Waals surface area contributed by atoms with E-state index in [2.05, 4.69) is 10.6 Å². The van der Waals surface area contributed by atoms with Gasteiger partial charge in [0.05, 0.1) is 12.6 Å². The predicted molar refractivity (Wildman–Crippen MR) is 82.3 cm³/mol. The van der Waals surface area contributed by atoms with E-state index in [1.165, 1.54) is 12.8 Å². The maximum Gasteiger partial charge on any atom is 0.220 e. The van der Waals surface area contributed by atoms with Crippen molar-refractivity contribution in [1.82, 2.24) is 10.6 Å². The lowest BCUT2D eigenvalue weighted by atomic mass is 9.94. The third-order valence-corrected chi connectivity index (χ3v) is 4.47. The van der Waals surface area contributed by atoms with Crippen molar-refractivity contribution in [2.45, 2.75) is 38.1 Å². The van der Waals surface area contributed by atoms with E-state index in [0.717, 1.165) is 37.2 Å². The molecule has 1 saturated heterocycles. The minimum atomic E-state index is 0.104. The van der Waals surface area contributed by atoms with E-state index in [1.54, 1.807) is 0 Å². The van der Waals surface area contributed by atoms with Crippen LogP contribution in [0.15, 0.2) is 24.3 Å². The minimum Gasteiger partial charge on any atom is -0.493 e. The van der Waals surface area contributed by atoms with E-state index >= 15 is 0 Å². The molecule has 3 rings (SSSR count). The highest BCUT2D eigenvalue weighted by molar-refractivity contribution is 5.76. The van der Waals surface area contributed by atoms with Gasteiger partial charge < -0.3 is 15.4 Å². The lowest BCUT2D eigenvalue weighted by molar-refractivity contribution is -0.122. The van der Waals surface area contributed by atoms with Crippen LogP contribution < -0.4 is 15.4 Å². The number of ether oxygens (including phenoxy) is 1. The van der Waals surface area contributed by atoms with Crippen molar-refractivity contribution in [2.75, 3.05) is 19.7 Å². The molecular weight excluding hydrogens is 264 g/mol. The first-order valence-corrected chi connectivity index (χ1v) is 8.05. The van der Waals surface area contributed by atoms with Gasteiger partial charge in [-0.2, -0.15) is 0 Å². The third kappa shape index (κ3) is 3.76. The molecule has 0 aliphatic carbocycles. The van der Waals surface area contributed by atoms with Crippen LogP contribution in [0.25, 0.3) is 0 Å². The van der Waals surface area contributed by atoms with E-state index < -0.39 is 0 Å². The SMILES string of the molecule is O=C(CCC1CCCNC1)NC1CCOc2ccccc21. The number of amides is 1. The Labute approximate surface area is 126 Å². The number of rotatable bonds is 4. The maximum atomic E-state index is 12.2. The number of hydrogen-bond acceptors (Lipinski definition) is 3. The smallest absolute Gasteiger partial charge is 0.220 e. The van der Waals surface area contributed by atoms with Crippen LogP contribution in [0, 0.1) is 5.92 Å². The van der Waals surface area contributed by atoms with Gasteiger partial charge >= 0.3 is 0 Å². The van der Waals surface area contributed by atoms with Crippen LogP contribution >= 0.6 is 0 Å². The molecule has 114 valence electrons. The summed E-state index contributed by atoms with van der Waals surface area (Å²) in [5.41, 5.74) is 1.11. The van der Waals surface area contributed by atoms with Gasteiger partial charge in [0.15, 0.2) is 0 Å². The Morgan fingerprint density at radius 3 is 3.10 bits per heavy atom. The molecule has 1 amide bonds. The first kappa shape index (κ1) is 14.4. The van der Waals surface area contributed by atoms with Crippen LogP contribution in [0.3, 0.4) is 0 Å². The van der Waals surface area contributed by atoms with Crippen LogP contribution in [-0.4, -0.2) is 25.6 Å². The van der Waals surface area contributed by atoms with Gasteiger partial charge in [-0.25, -0.2) is 0 Å². The molecule has 2 N–H and O–H groups in total. The predicted octanol–water partition coefficient (Wildman–Crippen LogP) is 2.41. The van der Waals surface area contributed by atoms with Crippen molar-refractivity contribution in [3.8, 4) is 5.75 Å². The van der Waals surface area contributed by atoms with Gasteiger partial charge in [0.2, 0.25) is 5.91 Å². The lowest BCUT2D eigenvalue weighted by Gasteiger charge is -2.27. The number of fused-ring (bicyclic) bond motifs is 1. The van der Waals surface area contributed by atoms with Crippen LogP contribution in [0.2, 0.25) is 0 Å². The number of carbonyl (C=O) groups excluding carboxylic acids is 1. The minimum absolute atomic E-state index is 0.104. The number of piperidine rings is 1. The molecule has 2 atom stereocenters. The second-order valence-corrected chi connectivity index (χ2v) is 6.05. The molecule has 0 spiro atoms. The van der Waals surface area contributed by atoms with Crippen LogP contribution in [0.4, 0.5) is 0 Å². The largest absolute Gasteiger partial charge is 0.493 e. The Bertz CT molecular complexity index is 483. The van der Waals surface area contributed by atoms with Crippen LogP contribution in [0.5, 0.6) is 5.75 Å². The molecule has 0 bridgehead atoms. The normalized spacial score (nSPS) is 24.8. The van der Waals surface area contributed by atoms with Gasteiger partial charge in [-0.1, -0.05) is 18.2 Å². The summed E-state index contributed by atoms with van der Waals surface area (Å²) in [6.45, 7) is 2.86. The van der Waals surface area contributed by atoms with Crippen molar-refractivity contribution in [3.63, 3.8) is 0 Å². The fraction of sp³-hybridized carbons (Fsp3) is 0.588. The zero-order valence-corrected chi connectivity index (χ0v) is 12.4. The van der Waals surface area contributed by atoms with Gasteiger partial charge in [-0.05, 0) is 44.3 Å². The Hall–Kier alpha value is -1.55. The van der Waals surface area contributed by atoms with Gasteiger partial charge in [-0.3, -0.25) is 4.79 Å². The summed E-state index contributed by atoms with van der Waals surface area (Å²) in [6.07, 6.45) is 4.96. The molecule has 0 radical (unpaired) electrons. The van der Waals surface area contributed by atoms with Gasteiger partial charge in [0.1, 0.15) is 5.75 Å². The number of benzene rings is 1. The van der Waals surface area contributed by atoms with E-state index in [-0.39, 0.29) is 11.9 Å². The summed E-state index contributed by atoms with van der Waals surface area (Å²) < 4.78 is 5.63. The quantitative estimate of drug-likeness (QED) is 0.894. The molecule has 21 heavy (non-hydrogen) atoms. The molecule has 2 unspecified atom stereocenters. The molecule has 0 aromatic heterocycles. The average Bonchev–Trinajstić information content (AvgIpc) is 2.54. The molecule has 1 fully saturated rings. The highest BCUT2D eigenvalue weighted by Crippen LogP contribution is 2.31. The second-order valence-electron chi connectivity index (χ2n) is 6.05. The second kappa shape index (κ2) is 6.94. The molecule has 1 aromatic rings. The zero-order chi connectivity index (χ0) is 14.5. The van der Waals surface area contributed by atoms with Crippen molar-refractivity contribution in [2.24, 2.45) is 5.92 Å². The summed E-state index contributed by atoms with van der Waals surface area (Å²) in [4.78, 5) is 12.2. The van der Waals surface area contributed by atoms with Crippen molar-refractivity contribution < 1.29 is 9.53 Å². The average molecular weight is 288 g/mol. The standard InChI is InChI=1S/C17H24N2O2/c20-17(8-7-13-4-3-10-18-12-13)19-15-9-11-21-16-6-2-1-5-14(15)16/h1-2,5-6,13,15,18H,3-4,7-12H2,(H,19,20). The highest BCUT2D eigenvalue weighted by atomic mass is 16.5. The van der Waals surface area contributed by atoms with E-state index in [1.807, 2.05) is 24.3 Å². The van der Waals surface area contributed by atoms with Crippen molar-refractivity contribution in [1.29, 1.82) is 0 Å². The number of hydrogen-bond donors (Lipinski definition) is 2. The summed E-state index contributed by atoms with van der Waals surface area (Å²) in [5, 5.41) is 6.58. The summed E-state index contributed by atoms with van der Waals surface area (Å²) in [7, 11) is 0. The Kier molecular flexibility index (Phi) is 4.76. The van der Waals surface area contributed by atoms with Crippen LogP contribution in [0.1, 0.15) is 43.7 Å². The van der Waals surface area contributed by atoms with Gasteiger partial charge in [-0.15, -0.1) is 0 Å². The summed E-state index contributed by atoms with van der Waals surface area (Å²) >= 11 is 0. The first-order chi connectivity index (χ1) is 10.3. The molecule has 2 heterocycles. The van der Waals surface area contributed by atoms with E-state index in [0.29, 0.717) is 18.9 Å². The molecule has 2 aliphatic rings. The number of carbonyl (C=O) groups is 1. The molecule has 4 nitrogen and oxygen atoms in total. The van der Waals surface area contributed by atoms with Crippen molar-refractivity contribution >= 4 is 5.91 Å². The van der Waals surface area contributed by atoms with Crippen molar-refractivity contribution in [3.05, 3.63) is 29.8 Å². The lowest BCUT2D eigenvalue weighted by Crippen LogP contribution is -2.34. The fourth-order valence-corrected chi connectivity index (χ4v) is 3.26. The van der Waals surface area contributed by atoms with Gasteiger partial charge in [0, 0.05) is 18.4 Å². The van der Waals surface area contributed by atoms with Gasteiger partial charge in [0.25, 0.3) is 0 Å². The highest BCUT2D eigenvalue weighted by Gasteiger charge is 2.23. The van der Waals surface area contributed by atoms with E-state index in [4.69, 9.17) is 4.74 Å². The molecular formula is C17H24N2O2. The Morgan fingerprint density at radius 2 is 2.24 bits per heavy atom. The Balaban J connectivity index is 1.51. The number of para-hydroxylation sites is 1. The Morgan fingerprint density at radius 1 is 1.33 bits per heavy atom. The monoisotopic (exact) mass is 288 g/mol. The first-order valence-electron chi connectivity index (χ1n) is 8.05. The summed E-state index contributed by atoms with van der Waals surface area (Å²) in [5.74, 6) is 1.74. The maximum absolute atomic E-state index is 12.2. The molecule has 1 aromatic carbocycles. The van der Waals surface area contributed by atoms with E-state index in [9.17, 15) is 4.79 Å². The topological polar surface area (TPSA) is 50.4 Å². The molecule has 0 saturated carbocycles. The third-order valence-electron chi connectivity index (χ3n) is 4.47. The molecule has 2 aliphatic heterocycles.